The molecule has 0 aromatic carbocycles. The van der Waals surface area contributed by atoms with Crippen LogP contribution in [0, 0.1) is 23.2 Å². The predicted molar refractivity (Wildman–Crippen MR) is 73.0 cm³/mol. The fourth-order valence-electron chi connectivity index (χ4n) is 4.97. The van der Waals surface area contributed by atoms with Crippen molar-refractivity contribution in [3.63, 3.8) is 0 Å². The summed E-state index contributed by atoms with van der Waals surface area (Å²) in [5.74, 6) is 0.910. The van der Waals surface area contributed by atoms with Crippen molar-refractivity contribution in [1.82, 2.24) is 0 Å². The number of carbonyl (C=O) groups excluding carboxylic acids is 1. The molecule has 0 heterocycles. The van der Waals surface area contributed by atoms with Gasteiger partial charge in [0.1, 0.15) is 6.61 Å². The van der Waals surface area contributed by atoms with E-state index in [0.29, 0.717) is 37.0 Å². The molecular weight excluding hydrogens is 337 g/mol. The summed E-state index contributed by atoms with van der Waals surface area (Å²) >= 11 is 0. The lowest BCUT2D eigenvalue weighted by molar-refractivity contribution is -0.174. The Morgan fingerprint density at radius 1 is 1.17 bits per heavy atom. The molecule has 4 aliphatic rings. The van der Waals surface area contributed by atoms with Crippen LogP contribution in [0.1, 0.15) is 38.5 Å². The van der Waals surface area contributed by atoms with Crippen LogP contribution in [-0.4, -0.2) is 37.0 Å². The lowest BCUT2D eigenvalue weighted by Crippen LogP contribution is -2.51. The van der Waals surface area contributed by atoms with Crippen LogP contribution in [0.2, 0.25) is 0 Å². The van der Waals surface area contributed by atoms with Crippen LogP contribution in [0.3, 0.4) is 0 Å². The molecule has 1 atom stereocenters. The summed E-state index contributed by atoms with van der Waals surface area (Å²) in [4.78, 5) is 12.4. The van der Waals surface area contributed by atoms with Crippen LogP contribution in [-0.2, 0) is 19.6 Å². The first-order chi connectivity index (χ1) is 10.5. The molecule has 1 unspecified atom stereocenters. The van der Waals surface area contributed by atoms with Gasteiger partial charge in [0.25, 0.3) is 6.36 Å². The summed E-state index contributed by atoms with van der Waals surface area (Å²) in [5, 5.41) is -5.09. The van der Waals surface area contributed by atoms with Crippen molar-refractivity contribution >= 4 is 15.9 Å². The highest BCUT2D eigenvalue weighted by atomic mass is 32.2. The summed E-state index contributed by atoms with van der Waals surface area (Å²) in [5.41, 5.74) is -0.637. The SMILES string of the molecule is O=C(COC(F)C(F)(F)S(=O)(=O)O)C12CC3CC(CC(C3)C1)C2. The molecule has 0 aromatic heterocycles. The molecule has 1 N–H and O–H groups in total. The average Bonchev–Trinajstić information content (AvgIpc) is 2.41. The molecule has 23 heavy (non-hydrogen) atoms. The fourth-order valence-corrected chi connectivity index (χ4v) is 5.27. The normalized spacial score (nSPS) is 37.8. The molecule has 0 spiro atoms. The summed E-state index contributed by atoms with van der Waals surface area (Å²) in [6.45, 7) is -0.904. The Bertz CT molecular complexity index is 568. The number of hydrogen-bond acceptors (Lipinski definition) is 4. The Balaban J connectivity index is 1.64. The maximum absolute atomic E-state index is 13.3. The molecule has 4 aliphatic carbocycles. The molecule has 0 aliphatic heterocycles. The van der Waals surface area contributed by atoms with Gasteiger partial charge in [-0.05, 0) is 56.3 Å². The topological polar surface area (TPSA) is 80.7 Å². The maximum atomic E-state index is 13.3. The Morgan fingerprint density at radius 3 is 2.00 bits per heavy atom. The van der Waals surface area contributed by atoms with Crippen LogP contribution in [0.25, 0.3) is 0 Å². The largest absolute Gasteiger partial charge is 0.423 e. The molecule has 0 amide bonds. The zero-order valence-electron chi connectivity index (χ0n) is 12.4. The van der Waals surface area contributed by atoms with Crippen LogP contribution in [0.4, 0.5) is 13.2 Å². The van der Waals surface area contributed by atoms with E-state index in [1.54, 1.807) is 0 Å². The molecule has 0 aromatic rings. The number of ketones is 1. The first-order valence-corrected chi connectivity index (χ1v) is 9.11. The third-order valence-electron chi connectivity index (χ3n) is 5.60. The Kier molecular flexibility index (Phi) is 4.04. The van der Waals surface area contributed by atoms with Crippen molar-refractivity contribution in [1.29, 1.82) is 0 Å². The van der Waals surface area contributed by atoms with E-state index in [4.69, 9.17) is 4.55 Å². The van der Waals surface area contributed by atoms with Gasteiger partial charge in [-0.1, -0.05) is 0 Å². The van der Waals surface area contributed by atoms with Crippen LogP contribution in [0.15, 0.2) is 0 Å². The van der Waals surface area contributed by atoms with E-state index in [1.165, 1.54) is 0 Å². The molecule has 4 fully saturated rings. The number of hydrogen-bond donors (Lipinski definition) is 1. The minimum atomic E-state index is -5.94. The highest BCUT2D eigenvalue weighted by Gasteiger charge is 2.56. The second-order valence-electron chi connectivity index (χ2n) is 7.28. The van der Waals surface area contributed by atoms with E-state index >= 15 is 0 Å². The van der Waals surface area contributed by atoms with E-state index < -0.39 is 39.5 Å². The third-order valence-corrected chi connectivity index (χ3v) is 6.47. The standard InChI is InChI=1S/C14H19F3O5S/c15-12(14(16,17)23(19,20)21)22-7-11(18)13-4-8-1-9(5-13)3-10(2-8)6-13/h8-10,12H,1-7H2,(H,19,20,21). The number of ether oxygens (including phenoxy) is 1. The number of halogens is 3. The molecule has 5 nitrogen and oxygen atoms in total. The van der Waals surface area contributed by atoms with E-state index in [9.17, 15) is 26.4 Å². The van der Waals surface area contributed by atoms with Gasteiger partial charge in [-0.3, -0.25) is 9.35 Å². The minimum absolute atomic E-state index is 0.439. The first-order valence-electron chi connectivity index (χ1n) is 7.67. The minimum Gasteiger partial charge on any atom is -0.335 e. The zero-order chi connectivity index (χ0) is 17.0. The lowest BCUT2D eigenvalue weighted by Gasteiger charge is -2.55. The van der Waals surface area contributed by atoms with Gasteiger partial charge in [0, 0.05) is 5.41 Å². The van der Waals surface area contributed by atoms with Gasteiger partial charge < -0.3 is 4.74 Å². The van der Waals surface area contributed by atoms with Crippen LogP contribution < -0.4 is 0 Å². The number of Topliss-reactive ketones (excluding diaryl/α,β-unsaturated/α-hetero) is 1. The predicted octanol–water partition coefficient (Wildman–Crippen LogP) is 2.56. The van der Waals surface area contributed by atoms with Crippen LogP contribution in [0.5, 0.6) is 0 Å². The maximum Gasteiger partial charge on any atom is 0.423 e. The van der Waals surface area contributed by atoms with Crippen molar-refractivity contribution in [2.75, 3.05) is 6.61 Å². The van der Waals surface area contributed by atoms with Gasteiger partial charge in [-0.25, -0.2) is 4.39 Å². The van der Waals surface area contributed by atoms with Crippen LogP contribution >= 0.6 is 0 Å². The van der Waals surface area contributed by atoms with Gasteiger partial charge >= 0.3 is 15.4 Å². The highest BCUT2D eigenvalue weighted by molar-refractivity contribution is 7.86. The molecule has 4 bridgehead atoms. The number of carbonyl (C=O) groups is 1. The average molecular weight is 356 g/mol. The van der Waals surface area contributed by atoms with Crippen molar-refractivity contribution in [3.8, 4) is 0 Å². The van der Waals surface area contributed by atoms with Gasteiger partial charge in [0.2, 0.25) is 0 Å². The van der Waals surface area contributed by atoms with Gasteiger partial charge in [-0.15, -0.1) is 0 Å². The summed E-state index contributed by atoms with van der Waals surface area (Å²) in [6.07, 6.45) is 1.70. The Morgan fingerprint density at radius 2 is 1.61 bits per heavy atom. The van der Waals surface area contributed by atoms with E-state index in [1.807, 2.05) is 0 Å². The molecule has 0 saturated heterocycles. The number of rotatable bonds is 6. The van der Waals surface area contributed by atoms with Gasteiger partial charge in [0.05, 0.1) is 0 Å². The molecule has 4 saturated carbocycles. The van der Waals surface area contributed by atoms with Crippen molar-refractivity contribution in [2.45, 2.75) is 50.1 Å². The highest BCUT2D eigenvalue weighted by Crippen LogP contribution is 2.60. The van der Waals surface area contributed by atoms with E-state index in [0.717, 1.165) is 19.3 Å². The molecule has 132 valence electrons. The monoisotopic (exact) mass is 356 g/mol. The lowest BCUT2D eigenvalue weighted by atomic mass is 9.48. The van der Waals surface area contributed by atoms with Crippen molar-refractivity contribution < 1.29 is 35.7 Å². The fraction of sp³-hybridized carbons (Fsp3) is 0.929. The van der Waals surface area contributed by atoms with E-state index in [-0.39, 0.29) is 0 Å². The van der Waals surface area contributed by atoms with Gasteiger partial charge in [0.15, 0.2) is 5.78 Å². The van der Waals surface area contributed by atoms with Crippen molar-refractivity contribution in [2.24, 2.45) is 23.2 Å². The summed E-state index contributed by atoms with van der Waals surface area (Å²) < 4.78 is 73.0. The Hall–Kier alpha value is -0.670. The quantitative estimate of drug-likeness (QED) is 0.740. The van der Waals surface area contributed by atoms with E-state index in [2.05, 4.69) is 4.74 Å². The van der Waals surface area contributed by atoms with Crippen molar-refractivity contribution in [3.05, 3.63) is 0 Å². The Labute approximate surface area is 132 Å². The zero-order valence-corrected chi connectivity index (χ0v) is 13.2. The second-order valence-corrected chi connectivity index (χ2v) is 8.78. The molecule has 4 rings (SSSR count). The second kappa shape index (κ2) is 5.42. The summed E-state index contributed by atoms with van der Waals surface area (Å²) in [6, 6.07) is 0. The molecule has 9 heteroatoms. The first kappa shape index (κ1) is 17.2. The third kappa shape index (κ3) is 2.91. The molecule has 0 radical (unpaired) electrons. The van der Waals surface area contributed by atoms with Gasteiger partial charge in [-0.2, -0.15) is 17.2 Å². The number of alkyl halides is 3. The molecular formula is C14H19F3O5S. The summed E-state index contributed by atoms with van der Waals surface area (Å²) in [7, 11) is -5.94. The smallest absolute Gasteiger partial charge is 0.335 e.